The van der Waals surface area contributed by atoms with Crippen LogP contribution in [0.15, 0.2) is 54.6 Å². The highest BCUT2D eigenvalue weighted by Crippen LogP contribution is 2.22. The molecule has 2 aromatic carbocycles. The summed E-state index contributed by atoms with van der Waals surface area (Å²) < 4.78 is 5.76. The second kappa shape index (κ2) is 7.71. The first-order valence-electron chi connectivity index (χ1n) is 7.25. The van der Waals surface area contributed by atoms with Gasteiger partial charge in [0.1, 0.15) is 5.75 Å². The van der Waals surface area contributed by atoms with Crippen molar-refractivity contribution in [3.63, 3.8) is 0 Å². The summed E-state index contributed by atoms with van der Waals surface area (Å²) in [5.41, 5.74) is 2.46. The number of benzene rings is 2. The van der Waals surface area contributed by atoms with Crippen molar-refractivity contribution in [2.24, 2.45) is 0 Å². The molecule has 1 unspecified atom stereocenters. The second-order valence-corrected chi connectivity index (χ2v) is 5.07. The van der Waals surface area contributed by atoms with E-state index in [0.717, 1.165) is 25.2 Å². The molecule has 0 spiro atoms. The molecule has 2 aromatic rings. The molecule has 2 nitrogen and oxygen atoms in total. The van der Waals surface area contributed by atoms with Gasteiger partial charge in [0, 0.05) is 6.04 Å². The number of hydrogen-bond acceptors (Lipinski definition) is 2. The molecule has 0 radical (unpaired) electrons. The lowest BCUT2D eigenvalue weighted by Gasteiger charge is -2.11. The van der Waals surface area contributed by atoms with Crippen LogP contribution in [0, 0.1) is 0 Å². The molecule has 0 saturated heterocycles. The quantitative estimate of drug-likeness (QED) is 0.763. The number of rotatable bonds is 7. The molecular formula is C18H23NO. The standard InChI is InChI=1S/C18H23NO/c1-15(19-2)7-6-14-20-18-12-10-17(11-13-18)16-8-4-3-5-9-16/h3-5,8-13,15,19H,6-7,14H2,1-2H3. The van der Waals surface area contributed by atoms with Crippen molar-refractivity contribution in [2.45, 2.75) is 25.8 Å². The first kappa shape index (κ1) is 14.6. The van der Waals surface area contributed by atoms with Gasteiger partial charge in [-0.2, -0.15) is 0 Å². The summed E-state index contributed by atoms with van der Waals surface area (Å²) in [6.07, 6.45) is 2.21. The Morgan fingerprint density at radius 1 is 0.950 bits per heavy atom. The van der Waals surface area contributed by atoms with Crippen molar-refractivity contribution in [2.75, 3.05) is 13.7 Å². The Kier molecular flexibility index (Phi) is 5.63. The summed E-state index contributed by atoms with van der Waals surface area (Å²) in [5.74, 6) is 0.946. The Balaban J connectivity index is 1.83. The third kappa shape index (κ3) is 4.39. The molecule has 0 saturated carbocycles. The van der Waals surface area contributed by atoms with Gasteiger partial charge in [0.15, 0.2) is 0 Å². The van der Waals surface area contributed by atoms with Gasteiger partial charge >= 0.3 is 0 Å². The summed E-state index contributed by atoms with van der Waals surface area (Å²) in [5, 5.41) is 3.23. The zero-order chi connectivity index (χ0) is 14.2. The van der Waals surface area contributed by atoms with Crippen LogP contribution in [0.4, 0.5) is 0 Å². The van der Waals surface area contributed by atoms with Gasteiger partial charge in [-0.15, -0.1) is 0 Å². The van der Waals surface area contributed by atoms with Gasteiger partial charge in [0.2, 0.25) is 0 Å². The lowest BCUT2D eigenvalue weighted by Crippen LogP contribution is -2.21. The average molecular weight is 269 g/mol. The van der Waals surface area contributed by atoms with Crippen molar-refractivity contribution in [1.82, 2.24) is 5.32 Å². The fourth-order valence-corrected chi connectivity index (χ4v) is 2.10. The highest BCUT2D eigenvalue weighted by molar-refractivity contribution is 5.63. The van der Waals surface area contributed by atoms with Gasteiger partial charge < -0.3 is 10.1 Å². The molecule has 0 aliphatic heterocycles. The lowest BCUT2D eigenvalue weighted by atomic mass is 10.1. The Labute approximate surface area is 121 Å². The molecule has 1 atom stereocenters. The van der Waals surface area contributed by atoms with Crippen molar-refractivity contribution < 1.29 is 4.74 Å². The minimum Gasteiger partial charge on any atom is -0.494 e. The Bertz CT molecular complexity index is 493. The van der Waals surface area contributed by atoms with Crippen LogP contribution in [-0.4, -0.2) is 19.7 Å². The van der Waals surface area contributed by atoms with Crippen LogP contribution in [-0.2, 0) is 0 Å². The molecule has 2 rings (SSSR count). The summed E-state index contributed by atoms with van der Waals surface area (Å²) in [7, 11) is 1.99. The topological polar surface area (TPSA) is 21.3 Å². The summed E-state index contributed by atoms with van der Waals surface area (Å²) in [6.45, 7) is 2.96. The molecule has 0 fully saturated rings. The number of ether oxygens (including phenoxy) is 1. The van der Waals surface area contributed by atoms with Gasteiger partial charge in [0.05, 0.1) is 6.61 Å². The second-order valence-electron chi connectivity index (χ2n) is 5.07. The van der Waals surface area contributed by atoms with Crippen LogP contribution in [0.1, 0.15) is 19.8 Å². The fourth-order valence-electron chi connectivity index (χ4n) is 2.10. The van der Waals surface area contributed by atoms with E-state index in [1.807, 2.05) is 25.2 Å². The first-order valence-corrected chi connectivity index (χ1v) is 7.25. The van der Waals surface area contributed by atoms with Crippen LogP contribution in [0.5, 0.6) is 5.75 Å². The predicted molar refractivity (Wildman–Crippen MR) is 85.1 cm³/mol. The first-order chi connectivity index (χ1) is 9.79. The monoisotopic (exact) mass is 269 g/mol. The third-order valence-corrected chi connectivity index (χ3v) is 3.50. The average Bonchev–Trinajstić information content (AvgIpc) is 2.52. The van der Waals surface area contributed by atoms with E-state index in [1.165, 1.54) is 11.1 Å². The van der Waals surface area contributed by atoms with E-state index in [2.05, 4.69) is 48.6 Å². The third-order valence-electron chi connectivity index (χ3n) is 3.50. The predicted octanol–water partition coefficient (Wildman–Crippen LogP) is 4.12. The van der Waals surface area contributed by atoms with Gasteiger partial charge in [-0.05, 0) is 50.1 Å². The van der Waals surface area contributed by atoms with Crippen molar-refractivity contribution >= 4 is 0 Å². The maximum Gasteiger partial charge on any atom is 0.119 e. The lowest BCUT2D eigenvalue weighted by molar-refractivity contribution is 0.299. The molecule has 0 heterocycles. The van der Waals surface area contributed by atoms with E-state index in [-0.39, 0.29) is 0 Å². The highest BCUT2D eigenvalue weighted by atomic mass is 16.5. The van der Waals surface area contributed by atoms with E-state index < -0.39 is 0 Å². The van der Waals surface area contributed by atoms with Crippen LogP contribution < -0.4 is 10.1 Å². The van der Waals surface area contributed by atoms with Crippen LogP contribution in [0.25, 0.3) is 11.1 Å². The minimum absolute atomic E-state index is 0.555. The fraction of sp³-hybridized carbons (Fsp3) is 0.333. The SMILES string of the molecule is CNC(C)CCCOc1ccc(-c2ccccc2)cc1. The molecule has 0 aliphatic carbocycles. The smallest absolute Gasteiger partial charge is 0.119 e. The summed E-state index contributed by atoms with van der Waals surface area (Å²) >= 11 is 0. The van der Waals surface area contributed by atoms with E-state index in [0.29, 0.717) is 6.04 Å². The molecule has 1 N–H and O–H groups in total. The Morgan fingerprint density at radius 3 is 2.25 bits per heavy atom. The van der Waals surface area contributed by atoms with Crippen LogP contribution in [0.2, 0.25) is 0 Å². The van der Waals surface area contributed by atoms with Gasteiger partial charge in [-0.25, -0.2) is 0 Å². The van der Waals surface area contributed by atoms with Crippen LogP contribution in [0.3, 0.4) is 0 Å². The van der Waals surface area contributed by atoms with E-state index in [1.54, 1.807) is 0 Å². The van der Waals surface area contributed by atoms with Gasteiger partial charge in [-0.3, -0.25) is 0 Å². The molecule has 0 amide bonds. The molecule has 0 bridgehead atoms. The maximum absolute atomic E-state index is 5.76. The Hall–Kier alpha value is -1.80. The van der Waals surface area contributed by atoms with Crippen LogP contribution >= 0.6 is 0 Å². The molecule has 20 heavy (non-hydrogen) atoms. The largest absolute Gasteiger partial charge is 0.494 e. The number of hydrogen-bond donors (Lipinski definition) is 1. The highest BCUT2D eigenvalue weighted by Gasteiger charge is 2.00. The molecule has 106 valence electrons. The van der Waals surface area contributed by atoms with E-state index in [9.17, 15) is 0 Å². The van der Waals surface area contributed by atoms with Crippen molar-refractivity contribution in [1.29, 1.82) is 0 Å². The molecule has 0 aromatic heterocycles. The van der Waals surface area contributed by atoms with Crippen molar-refractivity contribution in [3.05, 3.63) is 54.6 Å². The minimum atomic E-state index is 0.555. The van der Waals surface area contributed by atoms with Crippen molar-refractivity contribution in [3.8, 4) is 16.9 Å². The molecular weight excluding hydrogens is 246 g/mol. The Morgan fingerprint density at radius 2 is 1.60 bits per heavy atom. The summed E-state index contributed by atoms with van der Waals surface area (Å²) in [6, 6.07) is 19.3. The van der Waals surface area contributed by atoms with Gasteiger partial charge in [-0.1, -0.05) is 42.5 Å². The zero-order valence-electron chi connectivity index (χ0n) is 12.3. The molecule has 2 heteroatoms. The maximum atomic E-state index is 5.76. The normalized spacial score (nSPS) is 12.1. The summed E-state index contributed by atoms with van der Waals surface area (Å²) in [4.78, 5) is 0. The zero-order valence-corrected chi connectivity index (χ0v) is 12.3. The van der Waals surface area contributed by atoms with Gasteiger partial charge in [0.25, 0.3) is 0 Å². The molecule has 0 aliphatic rings. The van der Waals surface area contributed by atoms with E-state index in [4.69, 9.17) is 4.74 Å². The number of nitrogens with one attached hydrogen (secondary N) is 1. The van der Waals surface area contributed by atoms with E-state index >= 15 is 0 Å².